The molecule has 3 rings (SSSR count). The molecule has 0 saturated heterocycles. The molecule has 1 aliphatic heterocycles. The van der Waals surface area contributed by atoms with Crippen molar-refractivity contribution < 1.29 is 0 Å². The van der Waals surface area contributed by atoms with E-state index in [0.717, 1.165) is 6.54 Å². The van der Waals surface area contributed by atoms with Crippen LogP contribution in [0, 0.1) is 0 Å². The average molecular weight is 215 g/mol. The summed E-state index contributed by atoms with van der Waals surface area (Å²) < 4.78 is 1.89. The lowest BCUT2D eigenvalue weighted by Gasteiger charge is -2.16. The van der Waals surface area contributed by atoms with Gasteiger partial charge in [-0.05, 0) is 24.5 Å². The van der Waals surface area contributed by atoms with Gasteiger partial charge in [0.1, 0.15) is 0 Å². The standard InChI is InChI=1S/C9H11N.C4H6N2/c1-2-6-9-8(4-1)5-3-7-10-9;1-6-3-2-5-4-6/h1-2,4,6,10H,3,5,7H2;2-4H,1H3. The van der Waals surface area contributed by atoms with E-state index in [4.69, 9.17) is 0 Å². The van der Waals surface area contributed by atoms with Crippen LogP contribution in [-0.2, 0) is 13.5 Å². The molecule has 0 unspecified atom stereocenters. The Morgan fingerprint density at radius 2 is 2.19 bits per heavy atom. The predicted octanol–water partition coefficient (Wildman–Crippen LogP) is 2.46. The van der Waals surface area contributed by atoms with Crippen LogP contribution in [0.5, 0.6) is 0 Å². The number of anilines is 1. The van der Waals surface area contributed by atoms with Crippen molar-refractivity contribution in [2.75, 3.05) is 11.9 Å². The average Bonchev–Trinajstić information content (AvgIpc) is 2.81. The Balaban J connectivity index is 0.000000138. The largest absolute Gasteiger partial charge is 0.385 e. The van der Waals surface area contributed by atoms with Gasteiger partial charge in [-0.1, -0.05) is 18.2 Å². The van der Waals surface area contributed by atoms with E-state index >= 15 is 0 Å². The Labute approximate surface area is 96.1 Å². The third kappa shape index (κ3) is 2.86. The maximum Gasteiger partial charge on any atom is 0.0943 e. The van der Waals surface area contributed by atoms with Gasteiger partial charge < -0.3 is 9.88 Å². The molecule has 0 bridgehead atoms. The Bertz CT molecular complexity index is 396. The minimum absolute atomic E-state index is 1.14. The third-order valence-electron chi connectivity index (χ3n) is 2.59. The van der Waals surface area contributed by atoms with Crippen molar-refractivity contribution in [1.29, 1.82) is 0 Å². The van der Waals surface area contributed by atoms with Crippen LogP contribution in [0.25, 0.3) is 0 Å². The highest BCUT2D eigenvalue weighted by atomic mass is 15.0. The Morgan fingerprint density at radius 1 is 1.31 bits per heavy atom. The first-order valence-electron chi connectivity index (χ1n) is 5.60. The summed E-state index contributed by atoms with van der Waals surface area (Å²) in [7, 11) is 1.94. The molecule has 0 spiro atoms. The minimum Gasteiger partial charge on any atom is -0.385 e. The van der Waals surface area contributed by atoms with Crippen LogP contribution in [-0.4, -0.2) is 16.1 Å². The molecule has 1 aliphatic rings. The molecule has 84 valence electrons. The number of nitrogens with one attached hydrogen (secondary N) is 1. The van der Waals surface area contributed by atoms with Gasteiger partial charge in [0, 0.05) is 31.7 Å². The van der Waals surface area contributed by atoms with E-state index in [-0.39, 0.29) is 0 Å². The number of aromatic nitrogens is 2. The number of nitrogens with zero attached hydrogens (tertiary/aromatic N) is 2. The first-order valence-corrected chi connectivity index (χ1v) is 5.60. The zero-order chi connectivity index (χ0) is 11.2. The molecular weight excluding hydrogens is 198 g/mol. The number of hydrogen-bond acceptors (Lipinski definition) is 2. The van der Waals surface area contributed by atoms with Gasteiger partial charge in [-0.15, -0.1) is 0 Å². The highest BCUT2D eigenvalue weighted by molar-refractivity contribution is 5.52. The molecule has 1 aromatic carbocycles. The Kier molecular flexibility index (Phi) is 3.59. The maximum atomic E-state index is 3.78. The second kappa shape index (κ2) is 5.35. The molecule has 2 heterocycles. The van der Waals surface area contributed by atoms with Crippen molar-refractivity contribution in [3.8, 4) is 0 Å². The Morgan fingerprint density at radius 3 is 2.81 bits per heavy atom. The van der Waals surface area contributed by atoms with Crippen molar-refractivity contribution in [1.82, 2.24) is 9.55 Å². The van der Waals surface area contributed by atoms with Crippen LogP contribution < -0.4 is 5.32 Å². The van der Waals surface area contributed by atoms with Crippen molar-refractivity contribution in [2.24, 2.45) is 7.05 Å². The molecule has 0 fully saturated rings. The molecular formula is C13H17N3. The molecule has 0 saturated carbocycles. The predicted molar refractivity (Wildman–Crippen MR) is 66.5 cm³/mol. The topological polar surface area (TPSA) is 29.9 Å². The second-order valence-electron chi connectivity index (χ2n) is 3.92. The normalized spacial score (nSPS) is 13.1. The fourth-order valence-corrected chi connectivity index (χ4v) is 1.74. The van der Waals surface area contributed by atoms with Crippen LogP contribution in [0.2, 0.25) is 0 Å². The third-order valence-corrected chi connectivity index (χ3v) is 2.59. The summed E-state index contributed by atoms with van der Waals surface area (Å²) in [5, 5.41) is 3.36. The molecule has 3 nitrogen and oxygen atoms in total. The van der Waals surface area contributed by atoms with Crippen LogP contribution >= 0.6 is 0 Å². The summed E-state index contributed by atoms with van der Waals surface area (Å²) in [5.74, 6) is 0. The lowest BCUT2D eigenvalue weighted by molar-refractivity contribution is 0.830. The monoisotopic (exact) mass is 215 g/mol. The van der Waals surface area contributed by atoms with Crippen LogP contribution in [0.3, 0.4) is 0 Å². The smallest absolute Gasteiger partial charge is 0.0943 e. The van der Waals surface area contributed by atoms with E-state index in [1.165, 1.54) is 24.1 Å². The van der Waals surface area contributed by atoms with E-state index in [9.17, 15) is 0 Å². The van der Waals surface area contributed by atoms with Crippen LogP contribution in [0.1, 0.15) is 12.0 Å². The summed E-state index contributed by atoms with van der Waals surface area (Å²) in [5.41, 5.74) is 2.79. The van der Waals surface area contributed by atoms with Crippen molar-refractivity contribution in [3.05, 3.63) is 48.5 Å². The summed E-state index contributed by atoms with van der Waals surface area (Å²) >= 11 is 0. The van der Waals surface area contributed by atoms with Gasteiger partial charge in [0.05, 0.1) is 6.33 Å². The van der Waals surface area contributed by atoms with Crippen LogP contribution in [0.15, 0.2) is 43.0 Å². The molecule has 1 aromatic heterocycles. The quantitative estimate of drug-likeness (QED) is 0.731. The summed E-state index contributed by atoms with van der Waals surface area (Å²) in [6.45, 7) is 1.14. The van der Waals surface area contributed by atoms with Crippen molar-refractivity contribution >= 4 is 5.69 Å². The number of imidazole rings is 1. The molecule has 16 heavy (non-hydrogen) atoms. The number of hydrogen-bond donors (Lipinski definition) is 1. The summed E-state index contributed by atoms with van der Waals surface area (Å²) in [6.07, 6.45) is 7.90. The highest BCUT2D eigenvalue weighted by Crippen LogP contribution is 2.20. The zero-order valence-corrected chi connectivity index (χ0v) is 9.56. The number of fused-ring (bicyclic) bond motifs is 1. The molecule has 3 heteroatoms. The van der Waals surface area contributed by atoms with Gasteiger partial charge >= 0.3 is 0 Å². The van der Waals surface area contributed by atoms with E-state index < -0.39 is 0 Å². The number of aryl methyl sites for hydroxylation is 2. The number of para-hydroxylation sites is 1. The van der Waals surface area contributed by atoms with Gasteiger partial charge in [0.2, 0.25) is 0 Å². The van der Waals surface area contributed by atoms with Gasteiger partial charge in [-0.2, -0.15) is 0 Å². The molecule has 0 amide bonds. The molecule has 0 aliphatic carbocycles. The second-order valence-corrected chi connectivity index (χ2v) is 3.92. The fourth-order valence-electron chi connectivity index (χ4n) is 1.74. The first-order chi connectivity index (χ1) is 7.86. The lowest BCUT2D eigenvalue weighted by Crippen LogP contribution is -2.10. The van der Waals surface area contributed by atoms with E-state index in [1.54, 1.807) is 12.5 Å². The zero-order valence-electron chi connectivity index (χ0n) is 9.56. The highest BCUT2D eigenvalue weighted by Gasteiger charge is 2.04. The van der Waals surface area contributed by atoms with E-state index in [1.807, 2.05) is 17.8 Å². The van der Waals surface area contributed by atoms with E-state index in [0.29, 0.717) is 0 Å². The lowest BCUT2D eigenvalue weighted by atomic mass is 10.0. The summed E-state index contributed by atoms with van der Waals surface area (Å²) in [4.78, 5) is 3.78. The van der Waals surface area contributed by atoms with Gasteiger partial charge in [-0.3, -0.25) is 0 Å². The minimum atomic E-state index is 1.14. The molecule has 0 atom stereocenters. The molecule has 0 radical (unpaired) electrons. The SMILES string of the molecule is Cn1ccnc1.c1ccc2c(c1)CCCN2. The fraction of sp³-hybridized carbons (Fsp3) is 0.308. The maximum absolute atomic E-state index is 3.78. The first kappa shape index (κ1) is 10.7. The Hall–Kier alpha value is -1.77. The van der Waals surface area contributed by atoms with Gasteiger partial charge in [0.15, 0.2) is 0 Å². The molecule has 1 N–H and O–H groups in total. The number of benzene rings is 1. The van der Waals surface area contributed by atoms with Gasteiger partial charge in [-0.25, -0.2) is 4.98 Å². The van der Waals surface area contributed by atoms with Crippen molar-refractivity contribution in [3.63, 3.8) is 0 Å². The van der Waals surface area contributed by atoms with Gasteiger partial charge in [0.25, 0.3) is 0 Å². The molecule has 2 aromatic rings. The number of rotatable bonds is 0. The van der Waals surface area contributed by atoms with Crippen molar-refractivity contribution in [2.45, 2.75) is 12.8 Å². The summed E-state index contributed by atoms with van der Waals surface area (Å²) in [6, 6.07) is 8.53. The van der Waals surface area contributed by atoms with E-state index in [2.05, 4.69) is 34.6 Å². The van der Waals surface area contributed by atoms with Crippen LogP contribution in [0.4, 0.5) is 5.69 Å².